The lowest BCUT2D eigenvalue weighted by Crippen LogP contribution is -2.63. The second-order valence-corrected chi connectivity index (χ2v) is 11.6. The van der Waals surface area contributed by atoms with E-state index in [0.717, 1.165) is 5.56 Å². The number of amides is 1. The highest BCUT2D eigenvalue weighted by Crippen LogP contribution is 2.41. The number of piperidine rings is 1. The summed E-state index contributed by atoms with van der Waals surface area (Å²) in [6.45, 7) is 11.2. The quantitative estimate of drug-likeness (QED) is 0.593. The Morgan fingerprint density at radius 1 is 1.03 bits per heavy atom. The number of ether oxygens (including phenoxy) is 1. The smallest absolute Gasteiger partial charge is 0.456 e. The first-order valence-electron chi connectivity index (χ1n) is 12.2. The minimum Gasteiger partial charge on any atom is -0.496 e. The molecular formula is C27H34F3N3O3. The number of nitrogens with zero attached hydrogens (tertiary/aromatic N) is 2. The number of methoxy groups -OCH3 is 1. The zero-order valence-electron chi connectivity index (χ0n) is 21.7. The summed E-state index contributed by atoms with van der Waals surface area (Å²) in [7, 11) is 1.59. The number of likely N-dealkylation sites (tertiary alicyclic amines) is 1. The maximum Gasteiger partial charge on any atom is 0.456 e. The van der Waals surface area contributed by atoms with Gasteiger partial charge in [0.2, 0.25) is 0 Å². The van der Waals surface area contributed by atoms with Gasteiger partial charge in [-0.05, 0) is 61.9 Å². The maximum atomic E-state index is 13.4. The normalized spacial score (nSPS) is 19.2. The van der Waals surface area contributed by atoms with Gasteiger partial charge in [-0.25, -0.2) is 0 Å². The Labute approximate surface area is 209 Å². The molecule has 1 aromatic carbocycles. The fourth-order valence-corrected chi connectivity index (χ4v) is 5.64. The average molecular weight is 506 g/mol. The Hall–Kier alpha value is -2.81. The van der Waals surface area contributed by atoms with Gasteiger partial charge in [0.25, 0.3) is 11.7 Å². The van der Waals surface area contributed by atoms with Crippen molar-refractivity contribution in [3.05, 3.63) is 52.8 Å². The summed E-state index contributed by atoms with van der Waals surface area (Å²) in [4.78, 5) is 27.2. The van der Waals surface area contributed by atoms with Gasteiger partial charge in [-0.1, -0.05) is 26.8 Å². The fraction of sp³-hybridized carbons (Fsp3) is 0.556. The number of Topliss-reactive ketones (excluding diaryl/α,β-unsaturated/α-hetero) is 1. The fourth-order valence-electron chi connectivity index (χ4n) is 5.64. The Balaban J connectivity index is 1.59. The molecule has 1 amide bonds. The second-order valence-electron chi connectivity index (χ2n) is 11.6. The number of rotatable bonds is 3. The van der Waals surface area contributed by atoms with E-state index < -0.39 is 23.0 Å². The van der Waals surface area contributed by atoms with Gasteiger partial charge in [0, 0.05) is 36.4 Å². The van der Waals surface area contributed by atoms with Gasteiger partial charge < -0.3 is 14.2 Å². The van der Waals surface area contributed by atoms with Crippen LogP contribution in [-0.2, 0) is 17.5 Å². The first kappa shape index (κ1) is 26.3. The highest BCUT2D eigenvalue weighted by molar-refractivity contribution is 5.99. The van der Waals surface area contributed by atoms with E-state index in [1.54, 1.807) is 24.1 Å². The minimum absolute atomic E-state index is 0.109. The standard InChI is InChI=1S/C27H34F3N3O3/c1-24(2,3)18-8-7-17(15-20(18)36-6)23(35)32-13-11-26(12-14-32)21-10-9-19(22(34)27(28,29)30)33(21)16-25(4,5)31-26/h7-10,15,31H,11-14,16H2,1-6H3. The van der Waals surface area contributed by atoms with E-state index in [0.29, 0.717) is 42.9 Å². The highest BCUT2D eigenvalue weighted by atomic mass is 19.4. The van der Waals surface area contributed by atoms with Crippen LogP contribution in [0.4, 0.5) is 13.2 Å². The summed E-state index contributed by atoms with van der Waals surface area (Å²) in [6.07, 6.45) is -3.90. The molecular weight excluding hydrogens is 471 g/mol. The van der Waals surface area contributed by atoms with Crippen molar-refractivity contribution < 1.29 is 27.5 Å². The van der Waals surface area contributed by atoms with E-state index in [4.69, 9.17) is 4.74 Å². The van der Waals surface area contributed by atoms with Crippen LogP contribution < -0.4 is 10.1 Å². The zero-order chi connectivity index (χ0) is 26.7. The molecule has 36 heavy (non-hydrogen) atoms. The lowest BCUT2D eigenvalue weighted by molar-refractivity contribution is -0.0892. The van der Waals surface area contributed by atoms with Crippen molar-refractivity contribution in [1.82, 2.24) is 14.8 Å². The number of alkyl halides is 3. The van der Waals surface area contributed by atoms with Crippen molar-refractivity contribution >= 4 is 11.7 Å². The molecule has 1 spiro atoms. The molecule has 0 unspecified atom stereocenters. The predicted molar refractivity (Wildman–Crippen MR) is 131 cm³/mol. The van der Waals surface area contributed by atoms with Crippen molar-refractivity contribution in [2.24, 2.45) is 0 Å². The molecule has 1 N–H and O–H groups in total. The van der Waals surface area contributed by atoms with Crippen LogP contribution in [0.3, 0.4) is 0 Å². The molecule has 0 atom stereocenters. The van der Waals surface area contributed by atoms with Crippen molar-refractivity contribution in [1.29, 1.82) is 0 Å². The van der Waals surface area contributed by atoms with Gasteiger partial charge in [-0.2, -0.15) is 13.2 Å². The van der Waals surface area contributed by atoms with Gasteiger partial charge in [0.1, 0.15) is 5.75 Å². The van der Waals surface area contributed by atoms with Crippen LogP contribution in [0.2, 0.25) is 0 Å². The summed E-state index contributed by atoms with van der Waals surface area (Å²) in [6, 6.07) is 8.41. The van der Waals surface area contributed by atoms with Crippen LogP contribution in [-0.4, -0.2) is 53.1 Å². The van der Waals surface area contributed by atoms with Crippen molar-refractivity contribution in [3.63, 3.8) is 0 Å². The Kier molecular flexibility index (Phi) is 6.30. The van der Waals surface area contributed by atoms with Crippen LogP contribution in [0.1, 0.15) is 79.6 Å². The number of ketones is 1. The maximum absolute atomic E-state index is 13.4. The summed E-state index contributed by atoms with van der Waals surface area (Å²) in [5, 5.41) is 3.63. The molecule has 0 saturated carbocycles. The molecule has 0 radical (unpaired) electrons. The molecule has 0 bridgehead atoms. The first-order chi connectivity index (χ1) is 16.6. The third-order valence-electron chi connectivity index (χ3n) is 7.25. The number of fused-ring (bicyclic) bond motifs is 2. The monoisotopic (exact) mass is 505 g/mol. The van der Waals surface area contributed by atoms with Crippen LogP contribution in [0.5, 0.6) is 5.75 Å². The summed E-state index contributed by atoms with van der Waals surface area (Å²) >= 11 is 0. The average Bonchev–Trinajstić information content (AvgIpc) is 3.20. The Morgan fingerprint density at radius 2 is 1.67 bits per heavy atom. The summed E-state index contributed by atoms with van der Waals surface area (Å²) in [5.74, 6) is -1.28. The molecule has 2 aliphatic heterocycles. The number of halogens is 3. The Bertz CT molecular complexity index is 1180. The Morgan fingerprint density at radius 3 is 2.22 bits per heavy atom. The lowest BCUT2D eigenvalue weighted by Gasteiger charge is -2.51. The van der Waals surface area contributed by atoms with Crippen molar-refractivity contribution in [3.8, 4) is 5.75 Å². The second kappa shape index (κ2) is 8.64. The van der Waals surface area contributed by atoms with Crippen LogP contribution in [0.25, 0.3) is 0 Å². The first-order valence-corrected chi connectivity index (χ1v) is 12.2. The van der Waals surface area contributed by atoms with Gasteiger partial charge in [0.15, 0.2) is 0 Å². The molecule has 4 rings (SSSR count). The molecule has 3 heterocycles. The van der Waals surface area contributed by atoms with E-state index in [9.17, 15) is 22.8 Å². The number of carbonyl (C=O) groups excluding carboxylic acids is 2. The number of carbonyl (C=O) groups is 2. The zero-order valence-corrected chi connectivity index (χ0v) is 21.7. The topological polar surface area (TPSA) is 63.6 Å². The molecule has 2 aromatic rings. The third kappa shape index (κ3) is 4.65. The highest BCUT2D eigenvalue weighted by Gasteiger charge is 2.49. The van der Waals surface area contributed by atoms with Crippen molar-refractivity contribution in [2.45, 2.75) is 76.7 Å². The molecule has 1 aromatic heterocycles. The van der Waals surface area contributed by atoms with E-state index >= 15 is 0 Å². The lowest BCUT2D eigenvalue weighted by atomic mass is 9.79. The van der Waals surface area contributed by atoms with Crippen LogP contribution >= 0.6 is 0 Å². The molecule has 0 aliphatic carbocycles. The SMILES string of the molecule is COc1cc(C(=O)N2CCC3(CC2)NC(C)(C)Cn2c(C(=O)C(F)(F)F)ccc23)ccc1C(C)(C)C. The van der Waals surface area contributed by atoms with E-state index in [1.165, 1.54) is 10.6 Å². The molecule has 1 saturated heterocycles. The minimum atomic E-state index is -4.93. The third-order valence-corrected chi connectivity index (χ3v) is 7.25. The largest absolute Gasteiger partial charge is 0.496 e. The predicted octanol–water partition coefficient (Wildman–Crippen LogP) is 5.05. The number of hydrogen-bond donors (Lipinski definition) is 1. The van der Waals surface area contributed by atoms with Gasteiger partial charge >= 0.3 is 6.18 Å². The molecule has 6 nitrogen and oxygen atoms in total. The number of aromatic nitrogens is 1. The van der Waals surface area contributed by atoms with Gasteiger partial charge in [0.05, 0.1) is 18.3 Å². The molecule has 1 fully saturated rings. The van der Waals surface area contributed by atoms with E-state index in [2.05, 4.69) is 26.1 Å². The molecule has 9 heteroatoms. The van der Waals surface area contributed by atoms with Crippen LogP contribution in [0, 0.1) is 0 Å². The summed E-state index contributed by atoms with van der Waals surface area (Å²) < 4.78 is 46.7. The molecule has 196 valence electrons. The van der Waals surface area contributed by atoms with E-state index in [-0.39, 0.29) is 23.6 Å². The molecule has 2 aliphatic rings. The van der Waals surface area contributed by atoms with Gasteiger partial charge in [-0.3, -0.25) is 14.9 Å². The number of hydrogen-bond acceptors (Lipinski definition) is 4. The van der Waals surface area contributed by atoms with E-state index in [1.807, 2.05) is 26.0 Å². The summed E-state index contributed by atoms with van der Waals surface area (Å²) in [5.41, 5.74) is 0.581. The van der Waals surface area contributed by atoms with Crippen molar-refractivity contribution in [2.75, 3.05) is 20.2 Å². The number of benzene rings is 1. The number of nitrogens with one attached hydrogen (secondary N) is 1. The van der Waals surface area contributed by atoms with Crippen LogP contribution in [0.15, 0.2) is 30.3 Å². The van der Waals surface area contributed by atoms with Gasteiger partial charge in [-0.15, -0.1) is 0 Å².